The number of para-hydroxylation sites is 1. The maximum Gasteiger partial charge on any atom is 0.267 e. The minimum absolute atomic E-state index is 0.290. The molecule has 192 valence electrons. The zero-order chi connectivity index (χ0) is 25.9. The van der Waals surface area contributed by atoms with Gasteiger partial charge in [-0.1, -0.05) is 35.1 Å². The molecule has 0 atom stereocenters. The number of halogens is 1. The van der Waals surface area contributed by atoms with E-state index in [2.05, 4.69) is 36.2 Å². The number of aromatic nitrogens is 3. The minimum Gasteiger partial charge on any atom is -0.369 e. The molecule has 6 N–H and O–H groups in total. The number of hydrogen-bond acceptors (Lipinski definition) is 10. The number of nitrogens with zero attached hydrogens (tertiary/aromatic N) is 3. The number of nitrogens with one attached hydrogen (secondary N) is 5. The Bertz CT molecular complexity index is 1170. The molecule has 0 saturated carbocycles. The van der Waals surface area contributed by atoms with Crippen LogP contribution in [0.4, 0.5) is 22.5 Å². The molecule has 1 aromatic carbocycles. The van der Waals surface area contributed by atoms with Crippen molar-refractivity contribution in [2.75, 3.05) is 35.6 Å². The Hall–Kier alpha value is -3.32. The number of aryl methyl sites for hydroxylation is 2. The Balaban J connectivity index is 1.48. The fourth-order valence-corrected chi connectivity index (χ4v) is 4.22. The van der Waals surface area contributed by atoms with Crippen molar-refractivity contribution in [2.45, 2.75) is 33.1 Å². The molecule has 0 radical (unpaired) electrons. The van der Waals surface area contributed by atoms with Gasteiger partial charge in [-0.15, -0.1) is 0 Å². The lowest BCUT2D eigenvalue weighted by atomic mass is 10.2. The van der Waals surface area contributed by atoms with Gasteiger partial charge in [0.15, 0.2) is 5.13 Å². The first-order valence-corrected chi connectivity index (χ1v) is 12.6. The summed E-state index contributed by atoms with van der Waals surface area (Å²) in [7, 11) is 0. The second kappa shape index (κ2) is 13.7. The van der Waals surface area contributed by atoms with Crippen molar-refractivity contribution in [3.63, 3.8) is 0 Å². The van der Waals surface area contributed by atoms with Gasteiger partial charge in [-0.2, -0.15) is 0 Å². The normalized spacial score (nSPS) is 10.7. The van der Waals surface area contributed by atoms with Crippen LogP contribution in [-0.4, -0.2) is 51.6 Å². The Morgan fingerprint density at radius 1 is 1.08 bits per heavy atom. The monoisotopic (exact) mass is 532 g/mol. The van der Waals surface area contributed by atoms with Gasteiger partial charge in [0.25, 0.3) is 5.91 Å². The quantitative estimate of drug-likeness (QED) is 0.109. The topological polar surface area (TPSA) is 153 Å². The molecule has 11 nitrogen and oxygen atoms in total. The summed E-state index contributed by atoms with van der Waals surface area (Å²) < 4.78 is 0. The number of thiazole rings is 1. The number of anilines is 4. The highest BCUT2D eigenvalue weighted by Crippen LogP contribution is 2.28. The molecular weight excluding hydrogens is 504 g/mol. The fourth-order valence-electron chi connectivity index (χ4n) is 3.23. The Morgan fingerprint density at radius 3 is 2.67 bits per heavy atom. The van der Waals surface area contributed by atoms with Crippen molar-refractivity contribution in [3.05, 3.63) is 51.7 Å². The fraction of sp³-hybridized carbons (Fsp3) is 0.348. The molecule has 36 heavy (non-hydrogen) atoms. The van der Waals surface area contributed by atoms with Gasteiger partial charge >= 0.3 is 0 Å². The van der Waals surface area contributed by atoms with Crippen LogP contribution in [0, 0.1) is 13.8 Å². The summed E-state index contributed by atoms with van der Waals surface area (Å²) in [5.41, 5.74) is 3.08. The lowest BCUT2D eigenvalue weighted by Gasteiger charge is -2.10. The third-order valence-electron chi connectivity index (χ3n) is 5.00. The van der Waals surface area contributed by atoms with E-state index in [4.69, 9.17) is 16.8 Å². The van der Waals surface area contributed by atoms with Crippen LogP contribution < -0.4 is 26.7 Å². The van der Waals surface area contributed by atoms with Crippen LogP contribution in [0.25, 0.3) is 0 Å². The lowest BCUT2D eigenvalue weighted by Crippen LogP contribution is -2.24. The summed E-state index contributed by atoms with van der Waals surface area (Å²) in [4.78, 5) is 37.1. The van der Waals surface area contributed by atoms with Crippen LogP contribution in [0.3, 0.4) is 0 Å². The standard InChI is InChI=1S/C23H29ClN8O3S/c1-14-6-5-7-16(24)21(14)31-22(34)17-13-27-23(36-17)30-19-12-18(28-15(2)29-19)26-11-10-25-9-4-3-8-20(33)32-35/h5-7,12-13,25,35H,3-4,8-11H2,1-2H3,(H,31,34)(H,32,33)(H2,26,27,28,29,30). The summed E-state index contributed by atoms with van der Waals surface area (Å²) in [6.45, 7) is 5.81. The van der Waals surface area contributed by atoms with Crippen LogP contribution >= 0.6 is 22.9 Å². The highest BCUT2D eigenvalue weighted by molar-refractivity contribution is 7.17. The Morgan fingerprint density at radius 2 is 1.89 bits per heavy atom. The van der Waals surface area contributed by atoms with E-state index >= 15 is 0 Å². The van der Waals surface area contributed by atoms with Crippen molar-refractivity contribution in [1.29, 1.82) is 0 Å². The summed E-state index contributed by atoms with van der Waals surface area (Å²) in [6.07, 6.45) is 3.34. The van der Waals surface area contributed by atoms with Crippen molar-refractivity contribution >= 4 is 57.2 Å². The molecule has 2 amide bonds. The third-order valence-corrected chi connectivity index (χ3v) is 6.23. The van der Waals surface area contributed by atoms with E-state index in [-0.39, 0.29) is 11.8 Å². The average molecular weight is 533 g/mol. The van der Waals surface area contributed by atoms with Gasteiger partial charge < -0.3 is 21.3 Å². The smallest absolute Gasteiger partial charge is 0.267 e. The van der Waals surface area contributed by atoms with E-state index in [9.17, 15) is 9.59 Å². The number of carbonyl (C=O) groups is 2. The summed E-state index contributed by atoms with van der Waals surface area (Å²) in [5.74, 6) is 1.15. The van der Waals surface area contributed by atoms with Gasteiger partial charge in [0.2, 0.25) is 5.91 Å². The average Bonchev–Trinajstić information content (AvgIpc) is 3.31. The second-order valence-electron chi connectivity index (χ2n) is 7.90. The lowest BCUT2D eigenvalue weighted by molar-refractivity contribution is -0.129. The largest absolute Gasteiger partial charge is 0.369 e. The van der Waals surface area contributed by atoms with E-state index in [1.807, 2.05) is 19.1 Å². The van der Waals surface area contributed by atoms with Gasteiger partial charge in [0, 0.05) is 25.6 Å². The van der Waals surface area contributed by atoms with Gasteiger partial charge in [-0.25, -0.2) is 20.4 Å². The van der Waals surface area contributed by atoms with E-state index in [0.717, 1.165) is 18.5 Å². The first kappa shape index (κ1) is 27.3. The van der Waals surface area contributed by atoms with Crippen LogP contribution in [-0.2, 0) is 4.79 Å². The molecule has 0 fully saturated rings. The predicted octanol–water partition coefficient (Wildman–Crippen LogP) is 3.88. The number of carbonyl (C=O) groups excluding carboxylic acids is 2. The molecule has 0 bridgehead atoms. The predicted molar refractivity (Wildman–Crippen MR) is 141 cm³/mol. The zero-order valence-corrected chi connectivity index (χ0v) is 21.6. The molecule has 0 aliphatic rings. The number of unbranched alkanes of at least 4 members (excludes halogenated alkanes) is 1. The van der Waals surface area contributed by atoms with Crippen LogP contribution in [0.2, 0.25) is 5.02 Å². The maximum absolute atomic E-state index is 12.7. The SMILES string of the molecule is Cc1nc(NCCNCCCCC(=O)NO)cc(Nc2ncc(C(=O)Nc3c(C)cccc3Cl)s2)n1. The highest BCUT2D eigenvalue weighted by Gasteiger charge is 2.14. The van der Waals surface area contributed by atoms with Crippen molar-refractivity contribution in [1.82, 2.24) is 25.7 Å². The molecule has 0 aliphatic heterocycles. The highest BCUT2D eigenvalue weighted by atomic mass is 35.5. The van der Waals surface area contributed by atoms with Gasteiger partial charge in [-0.3, -0.25) is 14.8 Å². The minimum atomic E-state index is -0.371. The van der Waals surface area contributed by atoms with E-state index < -0.39 is 0 Å². The first-order chi connectivity index (χ1) is 17.4. The molecule has 0 saturated heterocycles. The maximum atomic E-state index is 12.7. The summed E-state index contributed by atoms with van der Waals surface area (Å²) >= 11 is 7.41. The van der Waals surface area contributed by atoms with E-state index in [1.54, 1.807) is 24.5 Å². The van der Waals surface area contributed by atoms with Crippen molar-refractivity contribution in [3.8, 4) is 0 Å². The third kappa shape index (κ3) is 8.41. The van der Waals surface area contributed by atoms with Crippen molar-refractivity contribution in [2.24, 2.45) is 0 Å². The number of hydrogen-bond donors (Lipinski definition) is 6. The molecule has 3 aromatic rings. The first-order valence-electron chi connectivity index (χ1n) is 11.4. The van der Waals surface area contributed by atoms with Crippen LogP contribution in [0.5, 0.6) is 0 Å². The molecule has 0 unspecified atom stereocenters. The van der Waals surface area contributed by atoms with Crippen molar-refractivity contribution < 1.29 is 14.8 Å². The van der Waals surface area contributed by atoms with Gasteiger partial charge in [0.1, 0.15) is 22.3 Å². The van der Waals surface area contributed by atoms with E-state index in [0.29, 0.717) is 64.1 Å². The molecule has 3 rings (SSSR count). The summed E-state index contributed by atoms with van der Waals surface area (Å²) in [6, 6.07) is 7.21. The van der Waals surface area contributed by atoms with Crippen LogP contribution in [0.15, 0.2) is 30.5 Å². The Kier molecular flexibility index (Phi) is 10.4. The van der Waals surface area contributed by atoms with E-state index in [1.165, 1.54) is 17.5 Å². The molecular formula is C23H29ClN8O3S. The molecule has 0 spiro atoms. The molecule has 0 aliphatic carbocycles. The number of hydroxylamine groups is 1. The molecule has 13 heteroatoms. The van der Waals surface area contributed by atoms with Crippen LogP contribution in [0.1, 0.15) is 40.3 Å². The Labute approximate surface area is 218 Å². The molecule has 2 heterocycles. The number of amides is 2. The number of rotatable bonds is 13. The second-order valence-corrected chi connectivity index (χ2v) is 9.33. The van der Waals surface area contributed by atoms with Gasteiger partial charge in [0.05, 0.1) is 16.9 Å². The zero-order valence-electron chi connectivity index (χ0n) is 20.0. The number of benzene rings is 1. The summed E-state index contributed by atoms with van der Waals surface area (Å²) in [5, 5.41) is 22.0. The molecule has 2 aromatic heterocycles. The van der Waals surface area contributed by atoms with Gasteiger partial charge in [-0.05, 0) is 44.9 Å².